The Hall–Kier alpha value is -1.95. The summed E-state index contributed by atoms with van der Waals surface area (Å²) in [7, 11) is 1.64. The van der Waals surface area contributed by atoms with E-state index in [9.17, 15) is 4.79 Å². The maximum absolute atomic E-state index is 10.9. The predicted molar refractivity (Wildman–Crippen MR) is 142 cm³/mol. The van der Waals surface area contributed by atoms with Gasteiger partial charge in [-0.25, -0.2) is 0 Å². The molecule has 1 heterocycles. The monoisotopic (exact) mass is 461 g/mol. The minimum atomic E-state index is -0.0813. The molecule has 1 saturated carbocycles. The number of hydrogen-bond donors (Lipinski definition) is 2. The van der Waals surface area contributed by atoms with Gasteiger partial charge in [0.2, 0.25) is 5.91 Å². The van der Waals surface area contributed by atoms with E-state index >= 15 is 0 Å². The summed E-state index contributed by atoms with van der Waals surface area (Å²) >= 11 is 0. The van der Waals surface area contributed by atoms with Crippen molar-refractivity contribution in [3.05, 3.63) is 30.1 Å². The summed E-state index contributed by atoms with van der Waals surface area (Å²) < 4.78 is 0. The molecule has 1 aromatic heterocycles. The van der Waals surface area contributed by atoms with Crippen molar-refractivity contribution in [2.45, 2.75) is 111 Å². The number of carbonyl (C=O) groups excluding carboxylic acids is 1. The Morgan fingerprint density at radius 2 is 1.91 bits per heavy atom. The molecule has 6 heteroatoms. The summed E-state index contributed by atoms with van der Waals surface area (Å²) in [6, 6.07) is 4.85. The van der Waals surface area contributed by atoms with Crippen molar-refractivity contribution in [1.29, 1.82) is 0 Å². The van der Waals surface area contributed by atoms with Gasteiger partial charge in [0.05, 0.1) is 0 Å². The molecule has 0 saturated heterocycles. The summed E-state index contributed by atoms with van der Waals surface area (Å²) in [6.07, 6.45) is 16.5. The molecule has 2 rings (SSSR count). The smallest absolute Gasteiger partial charge is 0.225 e. The van der Waals surface area contributed by atoms with E-state index in [0.29, 0.717) is 18.5 Å². The molecule has 1 fully saturated rings. The number of rotatable bonds is 9. The molecule has 0 aromatic carbocycles. The quantitative estimate of drug-likeness (QED) is 0.272. The molecule has 0 bridgehead atoms. The molecule has 33 heavy (non-hydrogen) atoms. The third-order valence-corrected chi connectivity index (χ3v) is 5.61. The number of guanidine groups is 1. The summed E-state index contributed by atoms with van der Waals surface area (Å²) in [5.74, 6) is 1.13. The van der Waals surface area contributed by atoms with Crippen molar-refractivity contribution >= 4 is 11.9 Å². The zero-order chi connectivity index (χ0) is 24.9. The number of unbranched alkanes of at least 4 members (excludes halogenated alkanes) is 4. The van der Waals surface area contributed by atoms with E-state index in [1.54, 1.807) is 7.05 Å². The third-order valence-electron chi connectivity index (χ3n) is 5.61. The molecule has 2 atom stereocenters. The van der Waals surface area contributed by atoms with Crippen molar-refractivity contribution < 1.29 is 4.79 Å². The number of nitrogens with two attached hydrogens (primary N) is 1. The van der Waals surface area contributed by atoms with Gasteiger partial charge in [-0.05, 0) is 36.8 Å². The molecule has 1 aromatic rings. The molecule has 6 nitrogen and oxygen atoms in total. The fourth-order valence-electron chi connectivity index (χ4n) is 3.56. The number of nitrogens with one attached hydrogen (secondary N) is 1. The molecule has 0 aliphatic heterocycles. The van der Waals surface area contributed by atoms with Crippen LogP contribution in [0.3, 0.4) is 0 Å². The van der Waals surface area contributed by atoms with Crippen LogP contribution in [0, 0.1) is 5.92 Å². The fourth-order valence-corrected chi connectivity index (χ4v) is 3.56. The number of nitrogens with zero attached hydrogens (tertiary/aromatic N) is 3. The Bertz CT molecular complexity index is 620. The summed E-state index contributed by atoms with van der Waals surface area (Å²) in [5, 5.41) is 3.63. The molecule has 0 radical (unpaired) electrons. The Morgan fingerprint density at radius 1 is 1.21 bits per heavy atom. The van der Waals surface area contributed by atoms with Gasteiger partial charge in [0.15, 0.2) is 5.96 Å². The van der Waals surface area contributed by atoms with E-state index < -0.39 is 0 Å². The lowest BCUT2D eigenvalue weighted by atomic mass is 9.87. The fraction of sp³-hybridized carbons (Fsp3) is 0.741. The average molecular weight is 462 g/mol. The highest BCUT2D eigenvalue weighted by molar-refractivity contribution is 5.94. The Labute approximate surface area is 203 Å². The summed E-state index contributed by atoms with van der Waals surface area (Å²) in [4.78, 5) is 20.6. The highest BCUT2D eigenvalue weighted by Gasteiger charge is 2.17. The number of aliphatic imine (C=N–C) groups is 1. The zero-order valence-corrected chi connectivity index (χ0v) is 22.3. The van der Waals surface area contributed by atoms with Crippen LogP contribution in [0.5, 0.6) is 0 Å². The van der Waals surface area contributed by atoms with Crippen LogP contribution in [0.15, 0.2) is 29.5 Å². The summed E-state index contributed by atoms with van der Waals surface area (Å²) in [6.45, 7) is 12.0. The van der Waals surface area contributed by atoms with Crippen LogP contribution in [0.25, 0.3) is 0 Å². The Morgan fingerprint density at radius 3 is 2.48 bits per heavy atom. The van der Waals surface area contributed by atoms with E-state index in [0.717, 1.165) is 18.9 Å². The maximum atomic E-state index is 10.9. The normalized spacial score (nSPS) is 17.8. The van der Waals surface area contributed by atoms with Crippen LogP contribution >= 0.6 is 0 Å². The molecular formula is C27H51N5O. The molecule has 0 spiro atoms. The largest absolute Gasteiger partial charge is 0.369 e. The number of pyridine rings is 1. The number of aromatic nitrogens is 1. The first kappa shape index (κ1) is 31.0. The van der Waals surface area contributed by atoms with Crippen molar-refractivity contribution in [1.82, 2.24) is 15.2 Å². The van der Waals surface area contributed by atoms with Gasteiger partial charge < -0.3 is 11.1 Å². The van der Waals surface area contributed by atoms with E-state index in [1.807, 2.05) is 18.5 Å². The Kier molecular flexibility index (Phi) is 19.4. The second kappa shape index (κ2) is 20.6. The van der Waals surface area contributed by atoms with Gasteiger partial charge in [-0.3, -0.25) is 19.7 Å². The lowest BCUT2D eigenvalue weighted by Crippen LogP contribution is -2.37. The highest BCUT2D eigenvalue weighted by Crippen LogP contribution is 2.23. The van der Waals surface area contributed by atoms with Gasteiger partial charge in [-0.15, -0.1) is 0 Å². The van der Waals surface area contributed by atoms with E-state index in [4.69, 9.17) is 5.73 Å². The number of carbonyl (C=O) groups is 1. The molecule has 1 aliphatic rings. The number of hydrogen-bond acceptors (Lipinski definition) is 4. The molecular weight excluding hydrogens is 410 g/mol. The standard InChI is InChI=1S/C13H20N2.C11H23N3O.C3H8/c1-11-4-2-6-13(8-11)15-10-12-5-3-7-14-9-12;1-4-5-6-7-8-9-13-11(12)14(3)10(2)15;1-3-2/h3,5,7,9,11,13,15H,2,4,6,8,10H2,1H3;4-9H2,1-3H3,(H2,12,13);3H2,1-2H3. The van der Waals surface area contributed by atoms with Gasteiger partial charge in [0, 0.05) is 45.5 Å². The van der Waals surface area contributed by atoms with Crippen LogP contribution in [0.2, 0.25) is 0 Å². The predicted octanol–water partition coefficient (Wildman–Crippen LogP) is 5.92. The topological polar surface area (TPSA) is 83.6 Å². The summed E-state index contributed by atoms with van der Waals surface area (Å²) in [5.41, 5.74) is 6.90. The van der Waals surface area contributed by atoms with Crippen LogP contribution in [0.4, 0.5) is 0 Å². The van der Waals surface area contributed by atoms with E-state index in [2.05, 4.69) is 49.1 Å². The molecule has 1 aliphatic carbocycles. The highest BCUT2D eigenvalue weighted by atomic mass is 16.2. The van der Waals surface area contributed by atoms with Gasteiger partial charge in [-0.2, -0.15) is 0 Å². The van der Waals surface area contributed by atoms with Gasteiger partial charge in [-0.1, -0.05) is 78.7 Å². The second-order valence-electron chi connectivity index (χ2n) is 9.15. The first-order chi connectivity index (χ1) is 15.8. The SMILES string of the molecule is CC1CCCC(NCc2cccnc2)C1.CCC.CCCCCCCN=C(N)N(C)C(C)=O. The molecule has 2 unspecified atom stereocenters. The van der Waals surface area contributed by atoms with Gasteiger partial charge >= 0.3 is 0 Å². The lowest BCUT2D eigenvalue weighted by molar-refractivity contribution is -0.124. The van der Waals surface area contributed by atoms with Crippen molar-refractivity contribution in [3.63, 3.8) is 0 Å². The molecule has 1 amide bonds. The van der Waals surface area contributed by atoms with E-state index in [1.165, 1.54) is 75.2 Å². The van der Waals surface area contributed by atoms with Crippen LogP contribution in [-0.4, -0.2) is 41.4 Å². The third kappa shape index (κ3) is 17.2. The minimum absolute atomic E-state index is 0.0813. The minimum Gasteiger partial charge on any atom is -0.369 e. The number of amides is 1. The average Bonchev–Trinajstić information content (AvgIpc) is 2.81. The first-order valence-electron chi connectivity index (χ1n) is 13.0. The van der Waals surface area contributed by atoms with Crippen molar-refractivity contribution in [3.8, 4) is 0 Å². The van der Waals surface area contributed by atoms with Gasteiger partial charge in [0.1, 0.15) is 0 Å². The molecule has 190 valence electrons. The van der Waals surface area contributed by atoms with Crippen molar-refractivity contribution in [2.75, 3.05) is 13.6 Å². The lowest BCUT2D eigenvalue weighted by Gasteiger charge is -2.27. The first-order valence-corrected chi connectivity index (χ1v) is 13.0. The zero-order valence-electron chi connectivity index (χ0n) is 22.3. The van der Waals surface area contributed by atoms with Crippen LogP contribution < -0.4 is 11.1 Å². The molecule has 3 N–H and O–H groups in total. The van der Waals surface area contributed by atoms with E-state index in [-0.39, 0.29) is 5.91 Å². The van der Waals surface area contributed by atoms with Gasteiger partial charge in [0.25, 0.3) is 0 Å². The second-order valence-corrected chi connectivity index (χ2v) is 9.15. The van der Waals surface area contributed by atoms with Crippen LogP contribution in [0.1, 0.15) is 104 Å². The Balaban J connectivity index is 0.000000555. The van der Waals surface area contributed by atoms with Crippen molar-refractivity contribution in [2.24, 2.45) is 16.6 Å². The van der Waals surface area contributed by atoms with Crippen LogP contribution in [-0.2, 0) is 11.3 Å². The maximum Gasteiger partial charge on any atom is 0.225 e.